The van der Waals surface area contributed by atoms with Crippen molar-refractivity contribution in [2.24, 2.45) is 17.3 Å². The molecule has 1 aromatic carbocycles. The van der Waals surface area contributed by atoms with Crippen LogP contribution < -0.4 is 5.32 Å². The molecule has 0 saturated heterocycles. The van der Waals surface area contributed by atoms with Gasteiger partial charge in [-0.05, 0) is 73.4 Å². The van der Waals surface area contributed by atoms with Gasteiger partial charge >= 0.3 is 0 Å². The van der Waals surface area contributed by atoms with Gasteiger partial charge in [-0.25, -0.2) is 0 Å². The second-order valence-electron chi connectivity index (χ2n) is 7.65. The minimum absolute atomic E-state index is 0.000833. The molecule has 0 unspecified atom stereocenters. The highest BCUT2D eigenvalue weighted by molar-refractivity contribution is 6.42. The van der Waals surface area contributed by atoms with Crippen LogP contribution in [-0.2, 0) is 10.2 Å². The molecule has 3 aliphatic carbocycles. The summed E-state index contributed by atoms with van der Waals surface area (Å²) in [5.41, 5.74) is 1.72. The number of carbonyl (C=O) groups excluding carboxylic acids is 1. The highest BCUT2D eigenvalue weighted by Crippen LogP contribution is 2.82. The van der Waals surface area contributed by atoms with Crippen molar-refractivity contribution in [3.8, 4) is 0 Å². The van der Waals surface area contributed by atoms with Gasteiger partial charge in [0.25, 0.3) is 0 Å². The Morgan fingerprint density at radius 1 is 1.08 bits per heavy atom. The predicted molar refractivity (Wildman–Crippen MR) is 98.9 cm³/mol. The molecule has 3 aliphatic rings. The number of hydrogen-bond donors (Lipinski definition) is 1. The van der Waals surface area contributed by atoms with Crippen molar-refractivity contribution in [3.63, 3.8) is 0 Å². The predicted octanol–water partition coefficient (Wildman–Crippen LogP) is 5.08. The monoisotopic (exact) mass is 372 g/mol. The Kier molecular flexibility index (Phi) is 3.27. The van der Waals surface area contributed by atoms with Crippen molar-refractivity contribution in [1.82, 2.24) is 4.98 Å². The van der Waals surface area contributed by atoms with Crippen LogP contribution >= 0.6 is 23.2 Å². The molecule has 1 heterocycles. The largest absolute Gasteiger partial charge is 0.326 e. The van der Waals surface area contributed by atoms with Gasteiger partial charge in [-0.3, -0.25) is 9.78 Å². The lowest BCUT2D eigenvalue weighted by Gasteiger charge is -2.29. The first-order chi connectivity index (χ1) is 12.1. The molecule has 1 amide bonds. The van der Waals surface area contributed by atoms with Gasteiger partial charge in [0, 0.05) is 23.5 Å². The number of aromatic nitrogens is 1. The van der Waals surface area contributed by atoms with E-state index in [2.05, 4.69) is 22.4 Å². The summed E-state index contributed by atoms with van der Waals surface area (Å²) in [6, 6.07) is 9.44. The summed E-state index contributed by atoms with van der Waals surface area (Å²) < 4.78 is 0. The maximum Gasteiger partial charge on any atom is 0.231 e. The lowest BCUT2D eigenvalue weighted by molar-refractivity contribution is -0.123. The number of nitrogens with zero attached hydrogens (tertiary/aromatic N) is 1. The number of hydrogen-bond acceptors (Lipinski definition) is 2. The van der Waals surface area contributed by atoms with E-state index in [-0.39, 0.29) is 16.7 Å². The van der Waals surface area contributed by atoms with Gasteiger partial charge in [0.15, 0.2) is 0 Å². The Balaban J connectivity index is 1.50. The van der Waals surface area contributed by atoms with Crippen LogP contribution in [0.4, 0.5) is 5.69 Å². The van der Waals surface area contributed by atoms with Gasteiger partial charge in [-0.2, -0.15) is 0 Å². The van der Waals surface area contributed by atoms with Crippen molar-refractivity contribution in [2.45, 2.75) is 31.1 Å². The van der Waals surface area contributed by atoms with E-state index in [1.807, 2.05) is 18.5 Å². The zero-order chi connectivity index (χ0) is 17.2. The van der Waals surface area contributed by atoms with Crippen LogP contribution in [-0.4, -0.2) is 10.9 Å². The van der Waals surface area contributed by atoms with E-state index in [0.717, 1.165) is 19.3 Å². The third-order valence-corrected chi connectivity index (χ3v) is 7.57. The molecule has 1 aromatic heterocycles. The number of rotatable bonds is 3. The summed E-state index contributed by atoms with van der Waals surface area (Å²) in [5, 5.41) is 4.07. The summed E-state index contributed by atoms with van der Waals surface area (Å²) >= 11 is 12.1. The van der Waals surface area contributed by atoms with Crippen LogP contribution in [0.2, 0.25) is 10.0 Å². The van der Waals surface area contributed by atoms with Crippen LogP contribution in [0, 0.1) is 17.3 Å². The number of halogens is 2. The summed E-state index contributed by atoms with van der Waals surface area (Å²) in [6.45, 7) is 0. The van der Waals surface area contributed by atoms with Crippen molar-refractivity contribution < 1.29 is 4.79 Å². The number of fused-ring (bicyclic) bond motifs is 5. The molecular weight excluding hydrogens is 355 g/mol. The number of amides is 1. The van der Waals surface area contributed by atoms with Crippen LogP contribution in [0.15, 0.2) is 42.7 Å². The maximum absolute atomic E-state index is 13.3. The molecular formula is C20H18Cl2N2O. The third-order valence-electron chi connectivity index (χ3n) is 6.83. The van der Waals surface area contributed by atoms with Gasteiger partial charge in [0.1, 0.15) is 0 Å². The Bertz CT molecular complexity index is 871. The number of anilines is 1. The third kappa shape index (κ3) is 1.94. The Hall–Kier alpha value is -1.58. The van der Waals surface area contributed by atoms with Gasteiger partial charge in [-0.1, -0.05) is 23.2 Å². The summed E-state index contributed by atoms with van der Waals surface area (Å²) in [5.74, 6) is 1.22. The summed E-state index contributed by atoms with van der Waals surface area (Å²) in [7, 11) is 0. The van der Waals surface area contributed by atoms with E-state index >= 15 is 0 Å². The summed E-state index contributed by atoms with van der Waals surface area (Å²) in [4.78, 5) is 17.5. The SMILES string of the molecule is O=C(Nc1ccc(Cl)c(Cl)c1)[C@]12C[C@@]1(c1ccncc1)[C@@H]1CC[C@H]2C1. The Labute approximate surface area is 156 Å². The smallest absolute Gasteiger partial charge is 0.231 e. The number of pyridine rings is 1. The van der Waals surface area contributed by atoms with Crippen molar-refractivity contribution in [2.75, 3.05) is 5.32 Å². The van der Waals surface area contributed by atoms with Crippen LogP contribution in [0.25, 0.3) is 0 Å². The zero-order valence-electron chi connectivity index (χ0n) is 13.6. The second-order valence-corrected chi connectivity index (χ2v) is 8.46. The normalized spacial score (nSPS) is 34.6. The van der Waals surface area contributed by atoms with E-state index < -0.39 is 0 Å². The van der Waals surface area contributed by atoms with Gasteiger partial charge in [0.2, 0.25) is 5.91 Å². The molecule has 25 heavy (non-hydrogen) atoms. The molecule has 1 N–H and O–H groups in total. The van der Waals surface area contributed by atoms with E-state index in [0.29, 0.717) is 27.6 Å². The van der Waals surface area contributed by atoms with Crippen LogP contribution in [0.1, 0.15) is 31.2 Å². The van der Waals surface area contributed by atoms with Crippen LogP contribution in [0.5, 0.6) is 0 Å². The second kappa shape index (κ2) is 5.21. The fourth-order valence-corrected chi connectivity index (χ4v) is 6.12. The number of nitrogens with one attached hydrogen (secondary N) is 1. The topological polar surface area (TPSA) is 42.0 Å². The van der Waals surface area contributed by atoms with E-state index in [1.165, 1.54) is 12.0 Å². The fourth-order valence-electron chi connectivity index (χ4n) is 5.82. The van der Waals surface area contributed by atoms with Gasteiger partial charge in [0.05, 0.1) is 15.5 Å². The first-order valence-corrected chi connectivity index (χ1v) is 9.50. The van der Waals surface area contributed by atoms with Gasteiger partial charge in [-0.15, -0.1) is 0 Å². The van der Waals surface area contributed by atoms with Crippen molar-refractivity contribution >= 4 is 34.8 Å². The van der Waals surface area contributed by atoms with Gasteiger partial charge < -0.3 is 5.32 Å². The standard InChI is InChI=1S/C20H18Cl2N2O/c21-16-4-3-15(10-17(16)22)24-18(25)20-11-19(20,12-5-7-23-8-6-12)13-1-2-14(20)9-13/h3-8,10,13-14H,1-2,9,11H2,(H,24,25)/t13-,14+,19-,20-/m1/s1. The molecule has 5 heteroatoms. The Morgan fingerprint density at radius 3 is 2.60 bits per heavy atom. The highest BCUT2D eigenvalue weighted by Gasteiger charge is 2.83. The number of benzene rings is 1. The van der Waals surface area contributed by atoms with E-state index in [4.69, 9.17) is 23.2 Å². The van der Waals surface area contributed by atoms with E-state index in [9.17, 15) is 4.79 Å². The minimum atomic E-state index is -0.274. The minimum Gasteiger partial charge on any atom is -0.326 e. The molecule has 2 bridgehead atoms. The van der Waals surface area contributed by atoms with Crippen molar-refractivity contribution in [1.29, 1.82) is 0 Å². The molecule has 3 fully saturated rings. The lowest BCUT2D eigenvalue weighted by atomic mass is 9.75. The molecule has 0 radical (unpaired) electrons. The quantitative estimate of drug-likeness (QED) is 0.815. The summed E-state index contributed by atoms with van der Waals surface area (Å²) in [6.07, 6.45) is 8.19. The molecule has 0 spiro atoms. The van der Waals surface area contributed by atoms with Crippen molar-refractivity contribution in [3.05, 3.63) is 58.3 Å². The first-order valence-electron chi connectivity index (χ1n) is 8.75. The Morgan fingerprint density at radius 2 is 1.84 bits per heavy atom. The molecule has 2 aromatic rings. The number of carbonyl (C=O) groups is 1. The molecule has 5 rings (SSSR count). The highest BCUT2D eigenvalue weighted by atomic mass is 35.5. The molecule has 4 atom stereocenters. The average molecular weight is 373 g/mol. The molecule has 0 aliphatic heterocycles. The molecule has 3 nitrogen and oxygen atoms in total. The maximum atomic E-state index is 13.3. The zero-order valence-corrected chi connectivity index (χ0v) is 15.1. The molecule has 128 valence electrons. The fraction of sp³-hybridized carbons (Fsp3) is 0.400. The average Bonchev–Trinajstić information content (AvgIpc) is 3.03. The lowest BCUT2D eigenvalue weighted by Crippen LogP contribution is -2.36. The van der Waals surface area contributed by atoms with E-state index in [1.54, 1.807) is 12.1 Å². The van der Waals surface area contributed by atoms with Crippen LogP contribution in [0.3, 0.4) is 0 Å². The molecule has 3 saturated carbocycles. The first kappa shape index (κ1) is 15.7.